The van der Waals surface area contributed by atoms with Crippen LogP contribution in [0.3, 0.4) is 0 Å². The Hall–Kier alpha value is -2.08. The zero-order valence-electron chi connectivity index (χ0n) is 12.5. The van der Waals surface area contributed by atoms with Gasteiger partial charge in [0.1, 0.15) is 0 Å². The fourth-order valence-corrected chi connectivity index (χ4v) is 1.87. The molecule has 0 heterocycles. The number of amides is 2. The van der Waals surface area contributed by atoms with Crippen LogP contribution in [-0.4, -0.2) is 49.2 Å². The molecule has 21 heavy (non-hydrogen) atoms. The molecule has 0 radical (unpaired) electrons. The van der Waals surface area contributed by atoms with Gasteiger partial charge in [0.15, 0.2) is 6.04 Å². The summed E-state index contributed by atoms with van der Waals surface area (Å²) in [6.07, 6.45) is 1.84. The second kappa shape index (κ2) is 8.97. The highest BCUT2D eigenvalue weighted by molar-refractivity contribution is 5.83. The fourth-order valence-electron chi connectivity index (χ4n) is 1.87. The lowest BCUT2D eigenvalue weighted by atomic mass is 10.1. The van der Waals surface area contributed by atoms with E-state index in [0.717, 1.165) is 19.4 Å². The van der Waals surface area contributed by atoms with Crippen LogP contribution in [0.25, 0.3) is 0 Å². The molecule has 0 bridgehead atoms. The third kappa shape index (κ3) is 6.76. The lowest BCUT2D eigenvalue weighted by molar-refractivity contribution is -0.139. The molecule has 0 fully saturated rings. The first-order valence-corrected chi connectivity index (χ1v) is 6.97. The summed E-state index contributed by atoms with van der Waals surface area (Å²) in [6.45, 7) is 1.49. The van der Waals surface area contributed by atoms with Crippen LogP contribution in [0.15, 0.2) is 30.3 Å². The first-order chi connectivity index (χ1) is 10.0. The average molecular weight is 293 g/mol. The Morgan fingerprint density at radius 3 is 2.43 bits per heavy atom. The minimum absolute atomic E-state index is 0.462. The Balaban J connectivity index is 2.39. The van der Waals surface area contributed by atoms with Crippen LogP contribution in [0.5, 0.6) is 0 Å². The molecule has 1 rings (SSSR count). The maximum Gasteiger partial charge on any atom is 0.330 e. The van der Waals surface area contributed by atoms with Crippen molar-refractivity contribution in [3.8, 4) is 0 Å². The second-order valence-electron chi connectivity index (χ2n) is 5.09. The highest BCUT2D eigenvalue weighted by atomic mass is 16.4. The number of hydrogen-bond acceptors (Lipinski definition) is 3. The van der Waals surface area contributed by atoms with E-state index in [1.54, 1.807) is 30.3 Å². The summed E-state index contributed by atoms with van der Waals surface area (Å²) in [6, 6.07) is 7.14. The lowest BCUT2D eigenvalue weighted by Gasteiger charge is -2.15. The predicted molar refractivity (Wildman–Crippen MR) is 81.1 cm³/mol. The Bertz CT molecular complexity index is 449. The van der Waals surface area contributed by atoms with Crippen LogP contribution in [0.1, 0.15) is 24.4 Å². The molecule has 2 amide bonds. The van der Waals surface area contributed by atoms with E-state index in [4.69, 9.17) is 0 Å². The van der Waals surface area contributed by atoms with Crippen molar-refractivity contribution < 1.29 is 14.7 Å². The lowest BCUT2D eigenvalue weighted by Crippen LogP contribution is -2.41. The van der Waals surface area contributed by atoms with E-state index in [1.807, 2.05) is 14.1 Å². The topological polar surface area (TPSA) is 81.7 Å². The first-order valence-electron chi connectivity index (χ1n) is 6.97. The van der Waals surface area contributed by atoms with Crippen LogP contribution in [0.2, 0.25) is 0 Å². The second-order valence-corrected chi connectivity index (χ2v) is 5.09. The van der Waals surface area contributed by atoms with Gasteiger partial charge in [0.25, 0.3) is 0 Å². The number of carbonyl (C=O) groups excluding carboxylic acids is 1. The molecule has 0 aliphatic heterocycles. The summed E-state index contributed by atoms with van der Waals surface area (Å²) in [7, 11) is 3.99. The van der Waals surface area contributed by atoms with Gasteiger partial charge in [-0.1, -0.05) is 30.3 Å². The molecular weight excluding hydrogens is 270 g/mol. The van der Waals surface area contributed by atoms with Gasteiger partial charge in [0.05, 0.1) is 0 Å². The highest BCUT2D eigenvalue weighted by Crippen LogP contribution is 2.12. The summed E-state index contributed by atoms with van der Waals surface area (Å²) < 4.78 is 0. The van der Waals surface area contributed by atoms with Crippen molar-refractivity contribution in [3.63, 3.8) is 0 Å². The summed E-state index contributed by atoms with van der Waals surface area (Å²) in [5, 5.41) is 14.4. The number of carbonyl (C=O) groups is 2. The normalized spacial score (nSPS) is 12.0. The van der Waals surface area contributed by atoms with Crippen molar-refractivity contribution in [2.24, 2.45) is 0 Å². The third-order valence-corrected chi connectivity index (χ3v) is 2.97. The standard InChI is InChI=1S/C15H23N3O3/c1-18(2)11-7-6-10-16-15(21)17-13(14(19)20)12-8-4-3-5-9-12/h3-5,8-9,13H,6-7,10-11H2,1-2H3,(H,19,20)(H2,16,17,21)/t13-/m1/s1. The molecule has 0 unspecified atom stereocenters. The third-order valence-electron chi connectivity index (χ3n) is 2.97. The van der Waals surface area contributed by atoms with Gasteiger partial charge in [-0.2, -0.15) is 0 Å². The van der Waals surface area contributed by atoms with Crippen LogP contribution >= 0.6 is 0 Å². The molecule has 1 aromatic carbocycles. The molecule has 0 spiro atoms. The summed E-state index contributed by atoms with van der Waals surface area (Å²) in [4.78, 5) is 25.1. The van der Waals surface area contributed by atoms with Crippen molar-refractivity contribution in [2.75, 3.05) is 27.2 Å². The van der Waals surface area contributed by atoms with Gasteiger partial charge in [-0.3, -0.25) is 0 Å². The highest BCUT2D eigenvalue weighted by Gasteiger charge is 2.21. The van der Waals surface area contributed by atoms with Gasteiger partial charge >= 0.3 is 12.0 Å². The van der Waals surface area contributed by atoms with Crippen LogP contribution < -0.4 is 10.6 Å². The van der Waals surface area contributed by atoms with Gasteiger partial charge < -0.3 is 20.6 Å². The van der Waals surface area contributed by atoms with Crippen molar-refractivity contribution in [1.29, 1.82) is 0 Å². The van der Waals surface area contributed by atoms with Crippen molar-refractivity contribution in [3.05, 3.63) is 35.9 Å². The van der Waals surface area contributed by atoms with Gasteiger partial charge in [-0.25, -0.2) is 9.59 Å². The van der Waals surface area contributed by atoms with E-state index in [9.17, 15) is 14.7 Å². The average Bonchev–Trinajstić information content (AvgIpc) is 2.44. The number of carboxylic acids is 1. The number of carboxylic acid groups (broad SMARTS) is 1. The molecule has 1 atom stereocenters. The molecular formula is C15H23N3O3. The number of nitrogens with zero attached hydrogens (tertiary/aromatic N) is 1. The SMILES string of the molecule is CN(C)CCCCNC(=O)N[C@@H](C(=O)O)c1ccccc1. The van der Waals surface area contributed by atoms with E-state index < -0.39 is 18.0 Å². The van der Waals surface area contributed by atoms with E-state index in [2.05, 4.69) is 15.5 Å². The number of benzene rings is 1. The number of hydrogen-bond donors (Lipinski definition) is 3. The van der Waals surface area contributed by atoms with E-state index in [-0.39, 0.29) is 0 Å². The van der Waals surface area contributed by atoms with E-state index >= 15 is 0 Å². The summed E-state index contributed by atoms with van der Waals surface area (Å²) >= 11 is 0. The molecule has 6 heteroatoms. The minimum Gasteiger partial charge on any atom is -0.479 e. The Morgan fingerprint density at radius 1 is 1.19 bits per heavy atom. The molecule has 0 saturated carbocycles. The molecule has 116 valence electrons. The largest absolute Gasteiger partial charge is 0.479 e. The van der Waals surface area contributed by atoms with Gasteiger partial charge in [0.2, 0.25) is 0 Å². The van der Waals surface area contributed by atoms with Gasteiger partial charge in [-0.05, 0) is 39.0 Å². The number of urea groups is 1. The summed E-state index contributed by atoms with van der Waals surface area (Å²) in [5.74, 6) is -1.08. The molecule has 0 aliphatic carbocycles. The van der Waals surface area contributed by atoms with Gasteiger partial charge in [-0.15, -0.1) is 0 Å². The Labute approximate surface area is 125 Å². The summed E-state index contributed by atoms with van der Waals surface area (Å²) in [5.41, 5.74) is 0.549. The number of unbranched alkanes of at least 4 members (excludes halogenated alkanes) is 1. The molecule has 3 N–H and O–H groups in total. The number of nitrogens with one attached hydrogen (secondary N) is 2. The smallest absolute Gasteiger partial charge is 0.330 e. The Kier molecular flexibility index (Phi) is 7.25. The fraction of sp³-hybridized carbons (Fsp3) is 0.467. The zero-order chi connectivity index (χ0) is 15.7. The monoisotopic (exact) mass is 293 g/mol. The van der Waals surface area contributed by atoms with Crippen molar-refractivity contribution >= 4 is 12.0 Å². The number of aliphatic carboxylic acids is 1. The molecule has 0 aromatic heterocycles. The predicted octanol–water partition coefficient (Wildman–Crippen LogP) is 1.45. The van der Waals surface area contributed by atoms with Crippen LogP contribution in [-0.2, 0) is 4.79 Å². The zero-order valence-corrected chi connectivity index (χ0v) is 12.5. The maximum absolute atomic E-state index is 11.7. The van der Waals surface area contributed by atoms with E-state index in [1.165, 1.54) is 0 Å². The quantitative estimate of drug-likeness (QED) is 0.634. The Morgan fingerprint density at radius 2 is 1.86 bits per heavy atom. The number of rotatable bonds is 8. The molecule has 0 saturated heterocycles. The van der Waals surface area contributed by atoms with Crippen molar-refractivity contribution in [1.82, 2.24) is 15.5 Å². The van der Waals surface area contributed by atoms with Crippen molar-refractivity contribution in [2.45, 2.75) is 18.9 Å². The first kappa shape index (κ1) is 17.0. The molecule has 1 aromatic rings. The van der Waals surface area contributed by atoms with Crippen LogP contribution in [0.4, 0.5) is 4.79 Å². The molecule has 6 nitrogen and oxygen atoms in total. The van der Waals surface area contributed by atoms with E-state index in [0.29, 0.717) is 12.1 Å². The molecule has 0 aliphatic rings. The van der Waals surface area contributed by atoms with Gasteiger partial charge in [0, 0.05) is 6.54 Å². The minimum atomic E-state index is -1.08. The maximum atomic E-state index is 11.7. The van der Waals surface area contributed by atoms with Crippen LogP contribution in [0, 0.1) is 0 Å².